The van der Waals surface area contributed by atoms with Gasteiger partial charge in [0.25, 0.3) is 0 Å². The zero-order chi connectivity index (χ0) is 8.10. The van der Waals surface area contributed by atoms with Gasteiger partial charge in [0.2, 0.25) is 0 Å². The molecule has 0 heterocycles. The van der Waals surface area contributed by atoms with Crippen LogP contribution in [0.5, 0.6) is 0 Å². The van der Waals surface area contributed by atoms with Crippen LogP contribution in [0, 0.1) is 0 Å². The third kappa shape index (κ3) is 1.78. The van der Waals surface area contributed by atoms with Gasteiger partial charge in [0.1, 0.15) is 0 Å². The first-order chi connectivity index (χ1) is 5.38. The van der Waals surface area contributed by atoms with Crippen LogP contribution < -0.4 is 10.9 Å². The van der Waals surface area contributed by atoms with Crippen LogP contribution in [-0.4, -0.2) is 13.8 Å². The lowest BCUT2D eigenvalue weighted by Gasteiger charge is -2.05. The molecule has 0 amide bonds. The van der Waals surface area contributed by atoms with Crippen molar-refractivity contribution in [2.45, 2.75) is 0 Å². The van der Waals surface area contributed by atoms with Gasteiger partial charge in [-0.05, 0) is 18.9 Å². The number of nitrogens with zero attached hydrogens (tertiary/aromatic N) is 1. The van der Waals surface area contributed by atoms with Crippen molar-refractivity contribution in [1.29, 1.82) is 0 Å². The molecule has 0 bridgehead atoms. The van der Waals surface area contributed by atoms with Crippen molar-refractivity contribution in [1.82, 2.24) is 5.43 Å². The van der Waals surface area contributed by atoms with Crippen molar-refractivity contribution < 1.29 is 0 Å². The maximum Gasteiger partial charge on any atom is 0.0866 e. The number of aliphatic imine (C=N–C) groups is 1. The van der Waals surface area contributed by atoms with E-state index in [9.17, 15) is 0 Å². The van der Waals surface area contributed by atoms with Crippen LogP contribution in [0.3, 0.4) is 0 Å². The first-order valence-corrected chi connectivity index (χ1v) is 3.37. The summed E-state index contributed by atoms with van der Waals surface area (Å²) in [5, 5.41) is 0. The number of nitrogens with one attached hydrogen (secondary N) is 2. The first kappa shape index (κ1) is 7.75. The minimum absolute atomic E-state index is 0.849. The van der Waals surface area contributed by atoms with E-state index >= 15 is 0 Å². The number of hydrogen-bond acceptors (Lipinski definition) is 3. The van der Waals surface area contributed by atoms with Gasteiger partial charge in [-0.2, -0.15) is 0 Å². The highest BCUT2D eigenvalue weighted by Gasteiger charge is 1.94. The Balaban J connectivity index is 2.92. The predicted octanol–water partition coefficient (Wildman–Crippen LogP) is 1.56. The Kier molecular flexibility index (Phi) is 2.63. The molecule has 1 aromatic rings. The van der Waals surface area contributed by atoms with E-state index in [-0.39, 0.29) is 0 Å². The van der Waals surface area contributed by atoms with E-state index in [1.165, 1.54) is 0 Å². The highest BCUT2D eigenvalue weighted by Crippen LogP contribution is 2.21. The standard InChI is InChI=1S/C8H11N3/c1-9-7-5-3-4-6-8(7)11-10-2/h3-6,10-11H,1H2,2H3. The van der Waals surface area contributed by atoms with Crippen LogP contribution >= 0.6 is 0 Å². The second-order valence-corrected chi connectivity index (χ2v) is 2.05. The quantitative estimate of drug-likeness (QED) is 0.505. The predicted molar refractivity (Wildman–Crippen MR) is 48.3 cm³/mol. The van der Waals surface area contributed by atoms with Gasteiger partial charge >= 0.3 is 0 Å². The molecule has 0 fully saturated rings. The van der Waals surface area contributed by atoms with Crippen molar-refractivity contribution >= 4 is 18.1 Å². The van der Waals surface area contributed by atoms with Gasteiger partial charge in [0.15, 0.2) is 0 Å². The average molecular weight is 149 g/mol. The molecule has 58 valence electrons. The number of rotatable bonds is 3. The molecular weight excluding hydrogens is 138 g/mol. The molecule has 0 aliphatic rings. The largest absolute Gasteiger partial charge is 0.320 e. The molecule has 3 nitrogen and oxygen atoms in total. The molecular formula is C8H11N3. The molecule has 1 aromatic carbocycles. The van der Waals surface area contributed by atoms with Gasteiger partial charge in [0, 0.05) is 7.05 Å². The van der Waals surface area contributed by atoms with E-state index in [4.69, 9.17) is 0 Å². The number of anilines is 1. The lowest BCUT2D eigenvalue weighted by atomic mass is 10.3. The topological polar surface area (TPSA) is 36.4 Å². The smallest absolute Gasteiger partial charge is 0.0866 e. The van der Waals surface area contributed by atoms with Gasteiger partial charge in [-0.3, -0.25) is 4.99 Å². The van der Waals surface area contributed by atoms with Gasteiger partial charge in [-0.25, -0.2) is 5.43 Å². The van der Waals surface area contributed by atoms with E-state index in [1.807, 2.05) is 24.3 Å². The molecule has 1 rings (SSSR count). The molecule has 0 unspecified atom stereocenters. The Bertz CT molecular complexity index is 245. The van der Waals surface area contributed by atoms with E-state index in [2.05, 4.69) is 22.6 Å². The van der Waals surface area contributed by atoms with Crippen LogP contribution in [0.2, 0.25) is 0 Å². The minimum atomic E-state index is 0.849. The van der Waals surface area contributed by atoms with E-state index in [0.29, 0.717) is 0 Å². The van der Waals surface area contributed by atoms with E-state index in [1.54, 1.807) is 7.05 Å². The molecule has 0 aliphatic heterocycles. The van der Waals surface area contributed by atoms with Crippen LogP contribution in [0.25, 0.3) is 0 Å². The highest BCUT2D eigenvalue weighted by molar-refractivity contribution is 5.66. The van der Waals surface area contributed by atoms with E-state index < -0.39 is 0 Å². The Hall–Kier alpha value is -1.35. The van der Waals surface area contributed by atoms with Crippen LogP contribution in [0.4, 0.5) is 11.4 Å². The number of hydrogen-bond donors (Lipinski definition) is 2. The van der Waals surface area contributed by atoms with Crippen LogP contribution in [-0.2, 0) is 0 Å². The number of hydrazine groups is 1. The lowest BCUT2D eigenvalue weighted by Crippen LogP contribution is -2.14. The average Bonchev–Trinajstić information content (AvgIpc) is 2.06. The number of benzene rings is 1. The molecule has 0 atom stereocenters. The zero-order valence-electron chi connectivity index (χ0n) is 6.46. The van der Waals surface area contributed by atoms with Crippen LogP contribution in [0.15, 0.2) is 29.3 Å². The Morgan fingerprint density at radius 1 is 1.36 bits per heavy atom. The zero-order valence-corrected chi connectivity index (χ0v) is 6.46. The molecule has 3 heteroatoms. The maximum absolute atomic E-state index is 3.84. The Labute approximate surface area is 66.1 Å². The van der Waals surface area contributed by atoms with Crippen LogP contribution in [0.1, 0.15) is 0 Å². The maximum atomic E-state index is 3.84. The summed E-state index contributed by atoms with van der Waals surface area (Å²) in [6.07, 6.45) is 0. The third-order valence-corrected chi connectivity index (χ3v) is 1.33. The summed E-state index contributed by atoms with van der Waals surface area (Å²) in [7, 11) is 1.81. The summed E-state index contributed by atoms with van der Waals surface area (Å²) >= 11 is 0. The number of para-hydroxylation sites is 2. The molecule has 11 heavy (non-hydrogen) atoms. The molecule has 0 saturated carbocycles. The Morgan fingerprint density at radius 3 is 2.73 bits per heavy atom. The lowest BCUT2D eigenvalue weighted by molar-refractivity contribution is 0.984. The fourth-order valence-electron chi connectivity index (χ4n) is 0.852. The van der Waals surface area contributed by atoms with Crippen molar-refractivity contribution in [3.63, 3.8) is 0 Å². The SMILES string of the molecule is C=Nc1ccccc1NNC. The molecule has 0 radical (unpaired) electrons. The fraction of sp³-hybridized carbons (Fsp3) is 0.125. The van der Waals surface area contributed by atoms with E-state index in [0.717, 1.165) is 11.4 Å². The second kappa shape index (κ2) is 3.73. The summed E-state index contributed by atoms with van der Waals surface area (Å²) in [5.74, 6) is 0. The Morgan fingerprint density at radius 2 is 2.09 bits per heavy atom. The summed E-state index contributed by atoms with van der Waals surface area (Å²) in [6.45, 7) is 3.46. The minimum Gasteiger partial charge on any atom is -0.320 e. The monoisotopic (exact) mass is 149 g/mol. The van der Waals surface area contributed by atoms with Crippen molar-refractivity contribution in [2.75, 3.05) is 12.5 Å². The third-order valence-electron chi connectivity index (χ3n) is 1.33. The fourth-order valence-corrected chi connectivity index (χ4v) is 0.852. The molecule has 0 aliphatic carbocycles. The van der Waals surface area contributed by atoms with Crippen molar-refractivity contribution in [3.05, 3.63) is 24.3 Å². The molecule has 2 N–H and O–H groups in total. The van der Waals surface area contributed by atoms with Crippen molar-refractivity contribution in [3.8, 4) is 0 Å². The molecule has 0 aromatic heterocycles. The highest BCUT2D eigenvalue weighted by atomic mass is 15.3. The van der Waals surface area contributed by atoms with Crippen molar-refractivity contribution in [2.24, 2.45) is 4.99 Å². The second-order valence-electron chi connectivity index (χ2n) is 2.05. The summed E-state index contributed by atoms with van der Waals surface area (Å²) < 4.78 is 0. The van der Waals surface area contributed by atoms with Gasteiger partial charge in [-0.15, -0.1) is 0 Å². The first-order valence-electron chi connectivity index (χ1n) is 3.37. The summed E-state index contributed by atoms with van der Waals surface area (Å²) in [5.41, 5.74) is 7.55. The normalized spacial score (nSPS) is 9.18. The van der Waals surface area contributed by atoms with Gasteiger partial charge in [0.05, 0.1) is 11.4 Å². The molecule has 0 saturated heterocycles. The summed E-state index contributed by atoms with van der Waals surface area (Å²) in [6, 6.07) is 7.69. The summed E-state index contributed by atoms with van der Waals surface area (Å²) in [4.78, 5) is 3.84. The molecule has 0 spiro atoms. The van der Waals surface area contributed by atoms with Gasteiger partial charge < -0.3 is 5.43 Å². The van der Waals surface area contributed by atoms with Gasteiger partial charge in [-0.1, -0.05) is 12.1 Å².